The molecule has 1 aromatic heterocycles. The Bertz CT molecular complexity index is 571. The van der Waals surface area contributed by atoms with Gasteiger partial charge in [-0.05, 0) is 17.7 Å². The number of ether oxygens (including phenoxy) is 1. The molecule has 8 heteroatoms. The smallest absolute Gasteiger partial charge is 0.387 e. The molecule has 0 fully saturated rings. The minimum absolute atomic E-state index is 0.0519. The van der Waals surface area contributed by atoms with E-state index in [1.165, 1.54) is 18.3 Å². The maximum atomic E-state index is 12.2. The molecule has 1 heterocycles. The molecule has 0 aliphatic rings. The van der Waals surface area contributed by atoms with Gasteiger partial charge in [-0.3, -0.25) is 10.5 Å². The third kappa shape index (κ3) is 3.06. The standard InChI is InChI=1S/C12H13ClF2N4O/c1-19-11(9(13)6-17-19)10(18-16)7-3-2-4-8(5-7)20-12(14)15/h2-6,10,12,18H,16H2,1H3. The third-order valence-corrected chi connectivity index (χ3v) is 3.09. The topological polar surface area (TPSA) is 65.1 Å². The number of nitrogens with one attached hydrogen (secondary N) is 1. The summed E-state index contributed by atoms with van der Waals surface area (Å²) in [5.74, 6) is 5.60. The number of aromatic nitrogens is 2. The fraction of sp³-hybridized carbons (Fsp3) is 0.250. The number of hydrogen-bond acceptors (Lipinski definition) is 4. The maximum Gasteiger partial charge on any atom is 0.387 e. The van der Waals surface area contributed by atoms with Gasteiger partial charge in [-0.2, -0.15) is 13.9 Å². The van der Waals surface area contributed by atoms with Crippen LogP contribution in [0.25, 0.3) is 0 Å². The number of alkyl halides is 2. The van der Waals surface area contributed by atoms with Crippen LogP contribution in [-0.2, 0) is 7.05 Å². The predicted molar refractivity (Wildman–Crippen MR) is 70.5 cm³/mol. The molecule has 0 saturated heterocycles. The van der Waals surface area contributed by atoms with Gasteiger partial charge in [0.25, 0.3) is 0 Å². The summed E-state index contributed by atoms with van der Waals surface area (Å²) >= 11 is 6.06. The number of benzene rings is 1. The van der Waals surface area contributed by atoms with Gasteiger partial charge in [0.2, 0.25) is 0 Å². The van der Waals surface area contributed by atoms with Crippen LogP contribution in [0.1, 0.15) is 17.3 Å². The first kappa shape index (κ1) is 14.7. The molecule has 0 spiro atoms. The minimum atomic E-state index is -2.88. The van der Waals surface area contributed by atoms with E-state index in [1.54, 1.807) is 23.9 Å². The van der Waals surface area contributed by atoms with Crippen molar-refractivity contribution in [2.75, 3.05) is 0 Å². The van der Waals surface area contributed by atoms with Crippen LogP contribution in [0.5, 0.6) is 5.75 Å². The van der Waals surface area contributed by atoms with Crippen molar-refractivity contribution in [1.29, 1.82) is 0 Å². The van der Waals surface area contributed by atoms with Gasteiger partial charge in [-0.25, -0.2) is 5.43 Å². The summed E-state index contributed by atoms with van der Waals surface area (Å²) in [5, 5.41) is 4.45. The van der Waals surface area contributed by atoms with Crippen molar-refractivity contribution in [1.82, 2.24) is 15.2 Å². The quantitative estimate of drug-likeness (QED) is 0.656. The molecule has 1 unspecified atom stereocenters. The van der Waals surface area contributed by atoms with Gasteiger partial charge in [0, 0.05) is 7.05 Å². The lowest BCUT2D eigenvalue weighted by Crippen LogP contribution is -2.30. The number of halogens is 3. The van der Waals surface area contributed by atoms with Crippen molar-refractivity contribution in [2.45, 2.75) is 12.7 Å². The molecule has 1 aromatic carbocycles. The molecule has 108 valence electrons. The molecule has 5 nitrogen and oxygen atoms in total. The van der Waals surface area contributed by atoms with Gasteiger partial charge in [0.1, 0.15) is 5.75 Å². The van der Waals surface area contributed by atoms with Gasteiger partial charge >= 0.3 is 6.61 Å². The summed E-state index contributed by atoms with van der Waals surface area (Å²) in [7, 11) is 1.71. The van der Waals surface area contributed by atoms with Crippen LogP contribution >= 0.6 is 11.6 Å². The van der Waals surface area contributed by atoms with Crippen molar-refractivity contribution < 1.29 is 13.5 Å². The highest BCUT2D eigenvalue weighted by molar-refractivity contribution is 6.31. The van der Waals surface area contributed by atoms with E-state index >= 15 is 0 Å². The lowest BCUT2D eigenvalue weighted by atomic mass is 10.0. The Labute approximate surface area is 119 Å². The fourth-order valence-corrected chi connectivity index (χ4v) is 2.22. The highest BCUT2D eigenvalue weighted by atomic mass is 35.5. The highest BCUT2D eigenvalue weighted by Crippen LogP contribution is 2.29. The van der Waals surface area contributed by atoms with Gasteiger partial charge in [-0.15, -0.1) is 0 Å². The number of aryl methyl sites for hydroxylation is 1. The van der Waals surface area contributed by atoms with E-state index in [0.717, 1.165) is 0 Å². The number of nitrogens with zero attached hydrogens (tertiary/aromatic N) is 2. The van der Waals surface area contributed by atoms with Gasteiger partial charge in [0.15, 0.2) is 0 Å². The molecule has 1 atom stereocenters. The summed E-state index contributed by atoms with van der Waals surface area (Å²) in [4.78, 5) is 0. The molecule has 0 aliphatic heterocycles. The van der Waals surface area contributed by atoms with Crippen molar-refractivity contribution in [2.24, 2.45) is 12.9 Å². The van der Waals surface area contributed by atoms with Gasteiger partial charge in [-0.1, -0.05) is 23.7 Å². The maximum absolute atomic E-state index is 12.2. The SMILES string of the molecule is Cn1ncc(Cl)c1C(NN)c1cccc(OC(F)F)c1. The molecule has 0 radical (unpaired) electrons. The Morgan fingerprint density at radius 2 is 2.20 bits per heavy atom. The minimum Gasteiger partial charge on any atom is -0.435 e. The molecule has 2 rings (SSSR count). The molecular weight excluding hydrogens is 290 g/mol. The summed E-state index contributed by atoms with van der Waals surface area (Å²) in [6.45, 7) is -2.88. The van der Waals surface area contributed by atoms with Crippen LogP contribution in [0.2, 0.25) is 5.02 Å². The molecule has 3 N–H and O–H groups in total. The Morgan fingerprint density at radius 1 is 1.45 bits per heavy atom. The van der Waals surface area contributed by atoms with E-state index in [1.807, 2.05) is 0 Å². The molecule has 0 bridgehead atoms. The average Bonchev–Trinajstić information content (AvgIpc) is 2.71. The van der Waals surface area contributed by atoms with Crippen molar-refractivity contribution >= 4 is 11.6 Å². The van der Waals surface area contributed by atoms with Gasteiger partial charge in [0.05, 0.1) is 23.0 Å². The molecule has 0 saturated carbocycles. The Kier molecular flexibility index (Phi) is 4.53. The van der Waals surface area contributed by atoms with E-state index in [2.05, 4.69) is 15.3 Å². The zero-order valence-corrected chi connectivity index (χ0v) is 11.3. The first-order valence-corrected chi connectivity index (χ1v) is 6.09. The average molecular weight is 303 g/mol. The highest BCUT2D eigenvalue weighted by Gasteiger charge is 2.20. The molecule has 2 aromatic rings. The monoisotopic (exact) mass is 302 g/mol. The van der Waals surface area contributed by atoms with Crippen LogP contribution < -0.4 is 16.0 Å². The zero-order valence-electron chi connectivity index (χ0n) is 10.6. The molecule has 0 amide bonds. The molecule has 20 heavy (non-hydrogen) atoms. The Balaban J connectivity index is 2.37. The van der Waals surface area contributed by atoms with E-state index < -0.39 is 12.7 Å². The second-order valence-electron chi connectivity index (χ2n) is 4.05. The third-order valence-electron chi connectivity index (χ3n) is 2.79. The fourth-order valence-electron chi connectivity index (χ4n) is 1.95. The Morgan fingerprint density at radius 3 is 2.75 bits per heavy atom. The number of nitrogens with two attached hydrogens (primary N) is 1. The second kappa shape index (κ2) is 6.17. The van der Waals surface area contributed by atoms with E-state index in [0.29, 0.717) is 16.3 Å². The number of hydrogen-bond donors (Lipinski definition) is 2. The lowest BCUT2D eigenvalue weighted by Gasteiger charge is -2.18. The normalized spacial score (nSPS) is 12.7. The number of hydrazine groups is 1. The van der Waals surface area contributed by atoms with Crippen LogP contribution in [0, 0.1) is 0 Å². The van der Waals surface area contributed by atoms with Crippen LogP contribution in [0.3, 0.4) is 0 Å². The second-order valence-corrected chi connectivity index (χ2v) is 4.46. The van der Waals surface area contributed by atoms with E-state index in [9.17, 15) is 8.78 Å². The lowest BCUT2D eigenvalue weighted by molar-refractivity contribution is -0.0498. The largest absolute Gasteiger partial charge is 0.435 e. The van der Waals surface area contributed by atoms with Crippen molar-refractivity contribution in [3.8, 4) is 5.75 Å². The molecule has 0 aliphatic carbocycles. The zero-order chi connectivity index (χ0) is 14.7. The number of rotatable bonds is 5. The van der Waals surface area contributed by atoms with Crippen LogP contribution in [-0.4, -0.2) is 16.4 Å². The summed E-state index contributed by atoms with van der Waals surface area (Å²) < 4.78 is 30.4. The van der Waals surface area contributed by atoms with Gasteiger partial charge < -0.3 is 4.74 Å². The first-order chi connectivity index (χ1) is 9.52. The van der Waals surface area contributed by atoms with E-state index in [-0.39, 0.29) is 5.75 Å². The van der Waals surface area contributed by atoms with Crippen LogP contribution in [0.15, 0.2) is 30.5 Å². The van der Waals surface area contributed by atoms with Crippen LogP contribution in [0.4, 0.5) is 8.78 Å². The molecular formula is C12H13ClF2N4O. The summed E-state index contributed by atoms with van der Waals surface area (Å²) in [5.41, 5.74) is 3.86. The summed E-state index contributed by atoms with van der Waals surface area (Å²) in [6, 6.07) is 5.75. The predicted octanol–water partition coefficient (Wildman–Crippen LogP) is 2.23. The van der Waals surface area contributed by atoms with Crippen molar-refractivity contribution in [3.05, 3.63) is 46.7 Å². The first-order valence-electron chi connectivity index (χ1n) is 5.71. The summed E-state index contributed by atoms with van der Waals surface area (Å²) in [6.07, 6.45) is 1.49. The Hall–Kier alpha value is -1.70. The van der Waals surface area contributed by atoms with Crippen molar-refractivity contribution in [3.63, 3.8) is 0 Å². The van der Waals surface area contributed by atoms with E-state index in [4.69, 9.17) is 17.4 Å².